The Hall–Kier alpha value is -4.27. The summed E-state index contributed by atoms with van der Waals surface area (Å²) < 4.78 is 10.6. The Morgan fingerprint density at radius 1 is 1.13 bits per heavy atom. The minimum Gasteiger partial charge on any atom is -0.495 e. The summed E-state index contributed by atoms with van der Waals surface area (Å²) in [5.74, 6) is -0.198. The van der Waals surface area contributed by atoms with Gasteiger partial charge in [0.25, 0.3) is 17.3 Å². The number of anilines is 1. The number of hydrogen-bond donors (Lipinski definition) is 1. The van der Waals surface area contributed by atoms with Crippen molar-refractivity contribution in [1.82, 2.24) is 10.1 Å². The topological polar surface area (TPSA) is 120 Å². The van der Waals surface area contributed by atoms with Crippen molar-refractivity contribution >= 4 is 28.4 Å². The molecule has 9 heteroatoms. The molecule has 9 nitrogen and oxygen atoms in total. The summed E-state index contributed by atoms with van der Waals surface area (Å²) in [5.41, 5.74) is 3.48. The van der Waals surface area contributed by atoms with E-state index in [4.69, 9.17) is 9.26 Å². The Morgan fingerprint density at radius 3 is 2.55 bits per heavy atom. The van der Waals surface area contributed by atoms with E-state index in [0.29, 0.717) is 22.5 Å². The number of pyridine rings is 1. The standard InChI is InChI=1S/C22H18N4O5/c1-12-4-6-14(7-5-12)17-11-16(20-13(2)25-31-22(20)24-17)21(27)23-18-10-15(26(28)29)8-9-19(18)30-3/h4-11H,1-3H3,(H,23,27). The summed E-state index contributed by atoms with van der Waals surface area (Å²) in [6.07, 6.45) is 0. The number of benzene rings is 2. The molecule has 1 N–H and O–H groups in total. The normalized spacial score (nSPS) is 10.8. The maximum atomic E-state index is 13.2. The predicted octanol–water partition coefficient (Wildman–Crippen LogP) is 4.68. The fourth-order valence-corrected chi connectivity index (χ4v) is 3.24. The lowest BCUT2D eigenvalue weighted by Crippen LogP contribution is -2.14. The third-order valence-electron chi connectivity index (χ3n) is 4.85. The average molecular weight is 418 g/mol. The fourth-order valence-electron chi connectivity index (χ4n) is 3.24. The van der Waals surface area contributed by atoms with E-state index < -0.39 is 10.8 Å². The highest BCUT2D eigenvalue weighted by atomic mass is 16.6. The average Bonchev–Trinajstić information content (AvgIpc) is 3.14. The number of fused-ring (bicyclic) bond motifs is 1. The van der Waals surface area contributed by atoms with Crippen molar-refractivity contribution < 1.29 is 19.0 Å². The van der Waals surface area contributed by atoms with Crippen LogP contribution >= 0.6 is 0 Å². The van der Waals surface area contributed by atoms with Crippen LogP contribution in [0.4, 0.5) is 11.4 Å². The lowest BCUT2D eigenvalue weighted by atomic mass is 10.0. The predicted molar refractivity (Wildman–Crippen MR) is 114 cm³/mol. The third kappa shape index (κ3) is 3.80. The summed E-state index contributed by atoms with van der Waals surface area (Å²) >= 11 is 0. The molecule has 2 aromatic heterocycles. The van der Waals surface area contributed by atoms with Crippen LogP contribution in [-0.4, -0.2) is 28.1 Å². The Morgan fingerprint density at radius 2 is 1.87 bits per heavy atom. The van der Waals surface area contributed by atoms with Gasteiger partial charge in [-0.15, -0.1) is 0 Å². The Labute approximate surface area is 176 Å². The van der Waals surface area contributed by atoms with Crippen LogP contribution in [-0.2, 0) is 0 Å². The van der Waals surface area contributed by atoms with Crippen LogP contribution in [0.25, 0.3) is 22.4 Å². The van der Waals surface area contributed by atoms with E-state index in [1.165, 1.54) is 25.3 Å². The number of carbonyl (C=O) groups is 1. The molecule has 0 aliphatic rings. The number of carbonyl (C=O) groups excluding carboxylic acids is 1. The Bertz CT molecular complexity index is 1310. The molecule has 0 radical (unpaired) electrons. The molecule has 31 heavy (non-hydrogen) atoms. The first kappa shape index (κ1) is 20.0. The number of nitrogens with one attached hydrogen (secondary N) is 1. The molecule has 0 fully saturated rings. The summed E-state index contributed by atoms with van der Waals surface area (Å²) in [4.78, 5) is 28.3. The van der Waals surface area contributed by atoms with Gasteiger partial charge in [-0.2, -0.15) is 0 Å². The molecule has 0 atom stereocenters. The number of nitro benzene ring substituents is 1. The van der Waals surface area contributed by atoms with Crippen molar-refractivity contribution in [3.05, 3.63) is 75.5 Å². The second kappa shape index (κ2) is 7.86. The van der Waals surface area contributed by atoms with Gasteiger partial charge < -0.3 is 14.6 Å². The molecule has 2 aromatic carbocycles. The highest BCUT2D eigenvalue weighted by molar-refractivity contribution is 6.13. The van der Waals surface area contributed by atoms with Crippen LogP contribution in [0.5, 0.6) is 5.75 Å². The van der Waals surface area contributed by atoms with Crippen molar-refractivity contribution in [2.75, 3.05) is 12.4 Å². The van der Waals surface area contributed by atoms with E-state index in [1.807, 2.05) is 31.2 Å². The molecule has 4 rings (SSSR count). The lowest BCUT2D eigenvalue weighted by Gasteiger charge is -2.11. The quantitative estimate of drug-likeness (QED) is 0.369. The summed E-state index contributed by atoms with van der Waals surface area (Å²) in [7, 11) is 1.42. The zero-order valence-electron chi connectivity index (χ0n) is 17.0. The number of hydrogen-bond acceptors (Lipinski definition) is 7. The van der Waals surface area contributed by atoms with Gasteiger partial charge in [0.1, 0.15) is 5.75 Å². The number of non-ortho nitro benzene ring substituents is 1. The van der Waals surface area contributed by atoms with E-state index in [1.54, 1.807) is 13.0 Å². The minimum atomic E-state index is -0.542. The summed E-state index contributed by atoms with van der Waals surface area (Å²) in [6, 6.07) is 13.3. The van der Waals surface area contributed by atoms with E-state index >= 15 is 0 Å². The van der Waals surface area contributed by atoms with Gasteiger partial charge in [-0.3, -0.25) is 14.9 Å². The maximum absolute atomic E-state index is 13.2. The fraction of sp³-hybridized carbons (Fsp3) is 0.136. The zero-order chi connectivity index (χ0) is 22.1. The minimum absolute atomic E-state index is 0.169. The van der Waals surface area contributed by atoms with Gasteiger partial charge in [-0.05, 0) is 26.0 Å². The van der Waals surface area contributed by atoms with E-state index in [9.17, 15) is 14.9 Å². The van der Waals surface area contributed by atoms with Crippen molar-refractivity contribution in [3.8, 4) is 17.0 Å². The summed E-state index contributed by atoms with van der Waals surface area (Å²) in [5, 5.41) is 18.3. The van der Waals surface area contributed by atoms with E-state index in [2.05, 4.69) is 15.5 Å². The highest BCUT2D eigenvalue weighted by Crippen LogP contribution is 2.31. The van der Waals surface area contributed by atoms with Crippen LogP contribution in [0.3, 0.4) is 0 Å². The number of methoxy groups -OCH3 is 1. The van der Waals surface area contributed by atoms with Crippen LogP contribution < -0.4 is 10.1 Å². The molecular weight excluding hydrogens is 400 g/mol. The van der Waals surface area contributed by atoms with Crippen molar-refractivity contribution in [2.24, 2.45) is 0 Å². The van der Waals surface area contributed by atoms with E-state index in [0.717, 1.165) is 11.1 Å². The number of rotatable bonds is 5. The van der Waals surface area contributed by atoms with Gasteiger partial charge in [0.2, 0.25) is 0 Å². The second-order valence-corrected chi connectivity index (χ2v) is 6.97. The first-order chi connectivity index (χ1) is 14.9. The molecule has 0 saturated carbocycles. The maximum Gasteiger partial charge on any atom is 0.271 e. The molecule has 0 aliphatic carbocycles. The molecule has 0 spiro atoms. The molecule has 156 valence electrons. The zero-order valence-corrected chi connectivity index (χ0v) is 17.0. The largest absolute Gasteiger partial charge is 0.495 e. The number of aryl methyl sites for hydroxylation is 2. The van der Waals surface area contributed by atoms with Crippen molar-refractivity contribution in [3.63, 3.8) is 0 Å². The SMILES string of the molecule is COc1ccc([N+](=O)[O-])cc1NC(=O)c1cc(-c2ccc(C)cc2)nc2onc(C)c12. The molecule has 0 aliphatic heterocycles. The number of amides is 1. The van der Waals surface area contributed by atoms with Gasteiger partial charge in [-0.25, -0.2) is 4.98 Å². The summed E-state index contributed by atoms with van der Waals surface area (Å²) in [6.45, 7) is 3.69. The first-order valence-corrected chi connectivity index (χ1v) is 9.35. The number of nitro groups is 1. The third-order valence-corrected chi connectivity index (χ3v) is 4.85. The number of aromatic nitrogens is 2. The van der Waals surface area contributed by atoms with Gasteiger partial charge in [-0.1, -0.05) is 35.0 Å². The number of ether oxygens (including phenoxy) is 1. The molecule has 0 bridgehead atoms. The van der Waals surface area contributed by atoms with Crippen molar-refractivity contribution in [1.29, 1.82) is 0 Å². The molecule has 0 unspecified atom stereocenters. The molecule has 4 aromatic rings. The van der Waals surface area contributed by atoms with Gasteiger partial charge in [0.15, 0.2) is 0 Å². The smallest absolute Gasteiger partial charge is 0.271 e. The van der Waals surface area contributed by atoms with Crippen molar-refractivity contribution in [2.45, 2.75) is 13.8 Å². The lowest BCUT2D eigenvalue weighted by molar-refractivity contribution is -0.384. The Kier molecular flexibility index (Phi) is 5.08. The molecule has 1 amide bonds. The van der Waals surface area contributed by atoms with Gasteiger partial charge >= 0.3 is 0 Å². The second-order valence-electron chi connectivity index (χ2n) is 6.97. The number of nitrogens with zero attached hydrogens (tertiary/aromatic N) is 3. The molecule has 0 saturated heterocycles. The van der Waals surface area contributed by atoms with Gasteiger partial charge in [0, 0.05) is 17.7 Å². The van der Waals surface area contributed by atoms with E-state index in [-0.39, 0.29) is 22.7 Å². The van der Waals surface area contributed by atoms with Crippen LogP contribution in [0.1, 0.15) is 21.6 Å². The highest BCUT2D eigenvalue weighted by Gasteiger charge is 2.21. The molecule has 2 heterocycles. The van der Waals surface area contributed by atoms with Crippen LogP contribution in [0, 0.1) is 24.0 Å². The van der Waals surface area contributed by atoms with Crippen LogP contribution in [0.2, 0.25) is 0 Å². The van der Waals surface area contributed by atoms with Crippen LogP contribution in [0.15, 0.2) is 53.1 Å². The molecular formula is C22H18N4O5. The first-order valence-electron chi connectivity index (χ1n) is 9.35. The Balaban J connectivity index is 1.81. The monoisotopic (exact) mass is 418 g/mol. The van der Waals surface area contributed by atoms with Gasteiger partial charge in [0.05, 0.1) is 40.1 Å².